The summed E-state index contributed by atoms with van der Waals surface area (Å²) in [6, 6.07) is 11.7. The molecule has 1 N–H and O–H groups in total. The Morgan fingerprint density at radius 3 is 2.83 bits per heavy atom. The fourth-order valence-electron chi connectivity index (χ4n) is 2.82. The average Bonchev–Trinajstić information content (AvgIpc) is 3.22. The topological polar surface area (TPSA) is 75.4 Å². The van der Waals surface area contributed by atoms with E-state index in [4.69, 9.17) is 4.52 Å². The highest BCUT2D eigenvalue weighted by Crippen LogP contribution is 2.26. The van der Waals surface area contributed by atoms with Crippen molar-refractivity contribution in [2.45, 2.75) is 19.3 Å². The molecule has 2 aromatic rings. The first kappa shape index (κ1) is 15.3. The zero-order valence-corrected chi connectivity index (χ0v) is 13.0. The molecule has 1 aromatic heterocycles. The number of nitrogens with one attached hydrogen (secondary N) is 1. The second-order valence-electron chi connectivity index (χ2n) is 5.74. The van der Waals surface area contributed by atoms with Gasteiger partial charge in [0, 0.05) is 25.1 Å². The molecule has 1 fully saturated rings. The lowest BCUT2D eigenvalue weighted by Gasteiger charge is -2.17. The summed E-state index contributed by atoms with van der Waals surface area (Å²) in [7, 11) is 0. The van der Waals surface area contributed by atoms with Crippen LogP contribution in [-0.2, 0) is 4.79 Å². The lowest BCUT2D eigenvalue weighted by Crippen LogP contribution is -2.39. The molecule has 120 valence electrons. The van der Waals surface area contributed by atoms with E-state index in [9.17, 15) is 9.59 Å². The van der Waals surface area contributed by atoms with E-state index in [1.807, 2.05) is 18.2 Å². The highest BCUT2D eigenvalue weighted by molar-refractivity contribution is 5.94. The maximum Gasteiger partial charge on any atom is 0.273 e. The van der Waals surface area contributed by atoms with Crippen molar-refractivity contribution >= 4 is 11.8 Å². The van der Waals surface area contributed by atoms with E-state index in [1.165, 1.54) is 5.56 Å². The molecule has 6 nitrogen and oxygen atoms in total. The second kappa shape index (κ2) is 6.64. The molecule has 1 aliphatic heterocycles. The first-order chi connectivity index (χ1) is 11.1. The Hall–Kier alpha value is -2.63. The van der Waals surface area contributed by atoms with Crippen LogP contribution in [-0.4, -0.2) is 41.5 Å². The fourth-order valence-corrected chi connectivity index (χ4v) is 2.82. The molecule has 0 aliphatic carbocycles. The number of aromatic nitrogens is 1. The number of aryl methyl sites for hydroxylation is 1. The second-order valence-corrected chi connectivity index (χ2v) is 5.74. The van der Waals surface area contributed by atoms with Crippen molar-refractivity contribution in [1.29, 1.82) is 0 Å². The van der Waals surface area contributed by atoms with Gasteiger partial charge in [-0.3, -0.25) is 9.59 Å². The van der Waals surface area contributed by atoms with Crippen LogP contribution in [0.5, 0.6) is 0 Å². The summed E-state index contributed by atoms with van der Waals surface area (Å²) in [6.45, 7) is 3.11. The van der Waals surface area contributed by atoms with E-state index in [0.29, 0.717) is 18.2 Å². The molecule has 2 amide bonds. The minimum Gasteiger partial charge on any atom is -0.361 e. The highest BCUT2D eigenvalue weighted by Gasteiger charge is 2.27. The number of carbonyl (C=O) groups excluding carboxylic acids is 2. The number of hydrogen-bond acceptors (Lipinski definition) is 4. The molecule has 1 atom stereocenters. The van der Waals surface area contributed by atoms with Crippen LogP contribution in [0.25, 0.3) is 0 Å². The van der Waals surface area contributed by atoms with Gasteiger partial charge in [-0.25, -0.2) is 0 Å². The number of benzene rings is 1. The number of hydrogen-bond donors (Lipinski definition) is 1. The number of carbonyl (C=O) groups is 2. The summed E-state index contributed by atoms with van der Waals surface area (Å²) in [6.07, 6.45) is 0.951. The summed E-state index contributed by atoms with van der Waals surface area (Å²) in [5, 5.41) is 6.22. The van der Waals surface area contributed by atoms with Crippen LogP contribution in [0.2, 0.25) is 0 Å². The van der Waals surface area contributed by atoms with Crippen LogP contribution in [0.1, 0.15) is 34.2 Å². The summed E-state index contributed by atoms with van der Waals surface area (Å²) in [5.41, 5.74) is 1.45. The molecular formula is C17H19N3O3. The standard InChI is InChI=1S/C17H19N3O3/c1-12-9-15(19-23-12)17(22)18-10-16(21)20-8-7-14(11-20)13-5-3-2-4-6-13/h2-6,9,14H,7-8,10-11H2,1H3,(H,18,22)/t14-/m1/s1. The van der Waals surface area contributed by atoms with Gasteiger partial charge in [0.1, 0.15) is 5.76 Å². The summed E-state index contributed by atoms with van der Waals surface area (Å²) < 4.78 is 4.85. The van der Waals surface area contributed by atoms with E-state index >= 15 is 0 Å². The Bertz CT molecular complexity index is 696. The van der Waals surface area contributed by atoms with E-state index < -0.39 is 5.91 Å². The molecule has 23 heavy (non-hydrogen) atoms. The predicted molar refractivity (Wildman–Crippen MR) is 84.0 cm³/mol. The Morgan fingerprint density at radius 2 is 2.13 bits per heavy atom. The molecule has 0 unspecified atom stereocenters. The van der Waals surface area contributed by atoms with Gasteiger partial charge in [0.05, 0.1) is 6.54 Å². The Kier molecular flexibility index (Phi) is 4.41. The van der Waals surface area contributed by atoms with Crippen LogP contribution < -0.4 is 5.32 Å². The lowest BCUT2D eigenvalue weighted by molar-refractivity contribution is -0.129. The maximum absolute atomic E-state index is 12.2. The summed E-state index contributed by atoms with van der Waals surface area (Å²) in [4.78, 5) is 25.9. The molecular weight excluding hydrogens is 294 g/mol. The third-order valence-corrected chi connectivity index (χ3v) is 4.07. The zero-order valence-electron chi connectivity index (χ0n) is 13.0. The third-order valence-electron chi connectivity index (χ3n) is 4.07. The van der Waals surface area contributed by atoms with Crippen LogP contribution in [0.3, 0.4) is 0 Å². The van der Waals surface area contributed by atoms with Crippen molar-refractivity contribution in [1.82, 2.24) is 15.4 Å². The molecule has 0 radical (unpaired) electrons. The Morgan fingerprint density at radius 1 is 1.35 bits per heavy atom. The third kappa shape index (κ3) is 3.59. The minimum absolute atomic E-state index is 0.0216. The smallest absolute Gasteiger partial charge is 0.273 e. The van der Waals surface area contributed by atoms with Crippen LogP contribution >= 0.6 is 0 Å². The van der Waals surface area contributed by atoms with Gasteiger partial charge in [0.15, 0.2) is 5.69 Å². The average molecular weight is 313 g/mol. The van der Waals surface area contributed by atoms with Gasteiger partial charge in [-0.1, -0.05) is 35.5 Å². The molecule has 1 aliphatic rings. The SMILES string of the molecule is Cc1cc(C(=O)NCC(=O)N2CC[C@@H](c3ccccc3)C2)no1. The van der Waals surface area contributed by atoms with E-state index in [1.54, 1.807) is 17.9 Å². The largest absolute Gasteiger partial charge is 0.361 e. The first-order valence-electron chi connectivity index (χ1n) is 7.67. The summed E-state index contributed by atoms with van der Waals surface area (Å²) in [5.74, 6) is 0.465. The molecule has 0 spiro atoms. The molecule has 6 heteroatoms. The van der Waals surface area contributed by atoms with Crippen molar-refractivity contribution in [2.75, 3.05) is 19.6 Å². The molecule has 1 saturated heterocycles. The number of rotatable bonds is 4. The van der Waals surface area contributed by atoms with Crippen molar-refractivity contribution in [3.63, 3.8) is 0 Å². The van der Waals surface area contributed by atoms with Crippen LogP contribution in [0.4, 0.5) is 0 Å². The maximum atomic E-state index is 12.2. The zero-order chi connectivity index (χ0) is 16.2. The Balaban J connectivity index is 1.50. The van der Waals surface area contributed by atoms with Crippen molar-refractivity contribution in [3.8, 4) is 0 Å². The predicted octanol–water partition coefficient (Wildman–Crippen LogP) is 1.73. The van der Waals surface area contributed by atoms with Gasteiger partial charge in [-0.05, 0) is 18.9 Å². The molecule has 2 heterocycles. The number of nitrogens with zero attached hydrogens (tertiary/aromatic N) is 2. The van der Waals surface area contributed by atoms with Crippen molar-refractivity contribution in [2.24, 2.45) is 0 Å². The lowest BCUT2D eigenvalue weighted by atomic mass is 9.99. The normalized spacial score (nSPS) is 17.3. The van der Waals surface area contributed by atoms with Gasteiger partial charge in [0.25, 0.3) is 5.91 Å². The van der Waals surface area contributed by atoms with E-state index in [-0.39, 0.29) is 18.1 Å². The summed E-state index contributed by atoms with van der Waals surface area (Å²) >= 11 is 0. The molecule has 0 bridgehead atoms. The first-order valence-corrected chi connectivity index (χ1v) is 7.67. The number of likely N-dealkylation sites (tertiary alicyclic amines) is 1. The van der Waals surface area contributed by atoms with E-state index in [0.717, 1.165) is 13.0 Å². The van der Waals surface area contributed by atoms with Crippen molar-refractivity contribution < 1.29 is 14.1 Å². The van der Waals surface area contributed by atoms with Gasteiger partial charge in [-0.2, -0.15) is 0 Å². The van der Waals surface area contributed by atoms with E-state index in [2.05, 4.69) is 22.6 Å². The Labute approximate surface area is 134 Å². The van der Waals surface area contributed by atoms with Crippen molar-refractivity contribution in [3.05, 3.63) is 53.4 Å². The molecule has 3 rings (SSSR count). The van der Waals surface area contributed by atoms with Gasteiger partial charge >= 0.3 is 0 Å². The van der Waals surface area contributed by atoms with Gasteiger partial charge < -0.3 is 14.7 Å². The fraction of sp³-hybridized carbons (Fsp3) is 0.353. The van der Waals surface area contributed by atoms with Crippen LogP contribution in [0.15, 0.2) is 40.9 Å². The van der Waals surface area contributed by atoms with Crippen LogP contribution in [0, 0.1) is 6.92 Å². The quantitative estimate of drug-likeness (QED) is 0.932. The number of amides is 2. The minimum atomic E-state index is -0.394. The molecule has 1 aromatic carbocycles. The highest BCUT2D eigenvalue weighted by atomic mass is 16.5. The molecule has 0 saturated carbocycles. The monoisotopic (exact) mass is 313 g/mol. The van der Waals surface area contributed by atoms with Gasteiger partial charge in [-0.15, -0.1) is 0 Å². The van der Waals surface area contributed by atoms with Gasteiger partial charge in [0.2, 0.25) is 5.91 Å².